The molecule has 122 valence electrons. The topological polar surface area (TPSA) is 29.5 Å². The molecule has 0 aromatic heterocycles. The number of ketones is 1. The highest BCUT2D eigenvalue weighted by molar-refractivity contribution is 5.95. The number of ether oxygens (including phenoxy) is 1. The highest BCUT2D eigenvalue weighted by Crippen LogP contribution is 2.32. The standard InChI is InChI=1S/C21H21NO2/c1-16(23)18-7-6-8-19(14-18)20-13-17(9-10-21(20)24-2)15-22-11-4-3-5-12-22/h3-11,13-14H,12,15H2,1-2H3. The first-order valence-corrected chi connectivity index (χ1v) is 8.03. The lowest BCUT2D eigenvalue weighted by molar-refractivity contribution is 0.101. The van der Waals surface area contributed by atoms with E-state index >= 15 is 0 Å². The molecule has 0 fully saturated rings. The van der Waals surface area contributed by atoms with Gasteiger partial charge >= 0.3 is 0 Å². The number of nitrogens with zero attached hydrogens (tertiary/aromatic N) is 1. The van der Waals surface area contributed by atoms with E-state index in [1.54, 1.807) is 14.0 Å². The Kier molecular flexibility index (Phi) is 4.80. The number of allylic oxidation sites excluding steroid dienone is 2. The van der Waals surface area contributed by atoms with Crippen LogP contribution in [0.5, 0.6) is 5.75 Å². The maximum Gasteiger partial charge on any atom is 0.159 e. The lowest BCUT2D eigenvalue weighted by Crippen LogP contribution is -2.18. The van der Waals surface area contributed by atoms with Crippen LogP contribution < -0.4 is 4.74 Å². The van der Waals surface area contributed by atoms with E-state index in [0.717, 1.165) is 30.0 Å². The second-order valence-electron chi connectivity index (χ2n) is 5.87. The summed E-state index contributed by atoms with van der Waals surface area (Å²) in [6.45, 7) is 3.34. The van der Waals surface area contributed by atoms with Crippen LogP contribution in [0.1, 0.15) is 22.8 Å². The van der Waals surface area contributed by atoms with Crippen molar-refractivity contribution in [3.63, 3.8) is 0 Å². The zero-order valence-electron chi connectivity index (χ0n) is 14.0. The summed E-state index contributed by atoms with van der Waals surface area (Å²) in [6, 6.07) is 13.9. The Morgan fingerprint density at radius 2 is 2.04 bits per heavy atom. The Hall–Kier alpha value is -2.81. The summed E-state index contributed by atoms with van der Waals surface area (Å²) in [4.78, 5) is 13.9. The molecule has 0 radical (unpaired) electrons. The van der Waals surface area contributed by atoms with Gasteiger partial charge in [-0.15, -0.1) is 0 Å². The van der Waals surface area contributed by atoms with Crippen molar-refractivity contribution in [2.45, 2.75) is 13.5 Å². The van der Waals surface area contributed by atoms with Crippen molar-refractivity contribution in [2.24, 2.45) is 0 Å². The van der Waals surface area contributed by atoms with Gasteiger partial charge in [-0.3, -0.25) is 4.79 Å². The molecule has 3 rings (SSSR count). The van der Waals surface area contributed by atoms with Crippen molar-refractivity contribution < 1.29 is 9.53 Å². The largest absolute Gasteiger partial charge is 0.496 e. The number of carbonyl (C=O) groups excluding carboxylic acids is 1. The number of benzene rings is 2. The zero-order valence-corrected chi connectivity index (χ0v) is 14.0. The minimum absolute atomic E-state index is 0.0669. The summed E-state index contributed by atoms with van der Waals surface area (Å²) in [6.07, 6.45) is 8.34. The van der Waals surface area contributed by atoms with E-state index in [2.05, 4.69) is 35.4 Å². The van der Waals surface area contributed by atoms with Crippen LogP contribution in [0.2, 0.25) is 0 Å². The predicted octanol–water partition coefficient (Wildman–Crippen LogP) is 4.45. The molecule has 3 heteroatoms. The van der Waals surface area contributed by atoms with Crippen molar-refractivity contribution >= 4 is 5.78 Å². The number of rotatable bonds is 5. The minimum atomic E-state index is 0.0669. The van der Waals surface area contributed by atoms with Crippen molar-refractivity contribution in [2.75, 3.05) is 13.7 Å². The summed E-state index contributed by atoms with van der Waals surface area (Å²) in [7, 11) is 1.67. The van der Waals surface area contributed by atoms with Crippen LogP contribution in [0.15, 0.2) is 66.9 Å². The van der Waals surface area contributed by atoms with Gasteiger partial charge in [0.1, 0.15) is 5.75 Å². The van der Waals surface area contributed by atoms with Crippen molar-refractivity contribution in [3.8, 4) is 16.9 Å². The molecule has 24 heavy (non-hydrogen) atoms. The van der Waals surface area contributed by atoms with Crippen LogP contribution in [-0.2, 0) is 6.54 Å². The highest BCUT2D eigenvalue weighted by atomic mass is 16.5. The average Bonchev–Trinajstić information content (AvgIpc) is 2.62. The van der Waals surface area contributed by atoms with Gasteiger partial charge in [-0.1, -0.05) is 36.4 Å². The molecule has 3 nitrogen and oxygen atoms in total. The van der Waals surface area contributed by atoms with E-state index in [4.69, 9.17) is 4.74 Å². The second-order valence-corrected chi connectivity index (χ2v) is 5.87. The Morgan fingerprint density at radius 1 is 1.17 bits per heavy atom. The van der Waals surface area contributed by atoms with Gasteiger partial charge in [-0.2, -0.15) is 0 Å². The molecule has 1 heterocycles. The van der Waals surface area contributed by atoms with Gasteiger partial charge in [-0.05, 0) is 48.5 Å². The normalized spacial score (nSPS) is 13.2. The van der Waals surface area contributed by atoms with Gasteiger partial charge in [0.05, 0.1) is 7.11 Å². The highest BCUT2D eigenvalue weighted by Gasteiger charge is 2.10. The van der Waals surface area contributed by atoms with Gasteiger partial charge in [0, 0.05) is 24.2 Å². The third kappa shape index (κ3) is 3.57. The summed E-state index contributed by atoms with van der Waals surface area (Å²) in [5, 5.41) is 0. The summed E-state index contributed by atoms with van der Waals surface area (Å²) in [5.74, 6) is 0.880. The van der Waals surface area contributed by atoms with Gasteiger partial charge in [0.2, 0.25) is 0 Å². The first-order valence-electron chi connectivity index (χ1n) is 8.03. The first-order chi connectivity index (χ1) is 11.7. The average molecular weight is 319 g/mol. The molecule has 0 saturated carbocycles. The maximum atomic E-state index is 11.7. The molecule has 2 aromatic rings. The molecule has 1 aliphatic heterocycles. The van der Waals surface area contributed by atoms with Gasteiger partial charge < -0.3 is 9.64 Å². The van der Waals surface area contributed by atoms with Gasteiger partial charge in [0.25, 0.3) is 0 Å². The fourth-order valence-corrected chi connectivity index (χ4v) is 2.84. The molecular formula is C21H21NO2. The summed E-state index contributed by atoms with van der Waals surface area (Å²) >= 11 is 0. The number of hydrogen-bond donors (Lipinski definition) is 0. The third-order valence-electron chi connectivity index (χ3n) is 4.11. The Bertz CT molecular complexity index is 805. The fraction of sp³-hybridized carbons (Fsp3) is 0.190. The second kappa shape index (κ2) is 7.18. The van der Waals surface area contributed by atoms with E-state index in [-0.39, 0.29) is 5.78 Å². The Labute approximate surface area is 142 Å². The number of Topliss-reactive ketones (excluding diaryl/α,β-unsaturated/α-hetero) is 1. The van der Waals surface area contributed by atoms with Crippen LogP contribution in [0, 0.1) is 0 Å². The maximum absolute atomic E-state index is 11.7. The molecular weight excluding hydrogens is 298 g/mol. The number of carbonyl (C=O) groups is 1. The van der Waals surface area contributed by atoms with Crippen LogP contribution >= 0.6 is 0 Å². The lowest BCUT2D eigenvalue weighted by atomic mass is 9.98. The number of methoxy groups -OCH3 is 1. The van der Waals surface area contributed by atoms with E-state index in [0.29, 0.717) is 5.56 Å². The van der Waals surface area contributed by atoms with Crippen LogP contribution in [-0.4, -0.2) is 24.3 Å². The molecule has 0 saturated heterocycles. The third-order valence-corrected chi connectivity index (χ3v) is 4.11. The van der Waals surface area contributed by atoms with E-state index in [1.165, 1.54) is 5.56 Å². The lowest BCUT2D eigenvalue weighted by Gasteiger charge is -2.21. The summed E-state index contributed by atoms with van der Waals surface area (Å²) < 4.78 is 5.52. The Morgan fingerprint density at radius 3 is 2.75 bits per heavy atom. The van der Waals surface area contributed by atoms with Crippen molar-refractivity contribution in [1.82, 2.24) is 4.90 Å². The summed E-state index contributed by atoms with van der Waals surface area (Å²) in [5.41, 5.74) is 3.92. The van der Waals surface area contributed by atoms with Gasteiger partial charge in [0.15, 0.2) is 5.78 Å². The van der Waals surface area contributed by atoms with Crippen molar-refractivity contribution in [3.05, 3.63) is 78.0 Å². The van der Waals surface area contributed by atoms with Crippen LogP contribution in [0.3, 0.4) is 0 Å². The molecule has 0 atom stereocenters. The van der Waals surface area contributed by atoms with E-state index < -0.39 is 0 Å². The smallest absolute Gasteiger partial charge is 0.159 e. The van der Waals surface area contributed by atoms with Gasteiger partial charge in [-0.25, -0.2) is 0 Å². The van der Waals surface area contributed by atoms with E-state index in [9.17, 15) is 4.79 Å². The fourth-order valence-electron chi connectivity index (χ4n) is 2.84. The molecule has 0 amide bonds. The minimum Gasteiger partial charge on any atom is -0.496 e. The van der Waals surface area contributed by atoms with E-state index in [1.807, 2.05) is 36.4 Å². The van der Waals surface area contributed by atoms with Crippen LogP contribution in [0.4, 0.5) is 0 Å². The monoisotopic (exact) mass is 319 g/mol. The molecule has 0 unspecified atom stereocenters. The molecule has 0 spiro atoms. The van der Waals surface area contributed by atoms with Crippen LogP contribution in [0.25, 0.3) is 11.1 Å². The molecule has 0 bridgehead atoms. The molecule has 2 aromatic carbocycles. The Balaban J connectivity index is 1.95. The molecule has 1 aliphatic rings. The SMILES string of the molecule is COc1ccc(CN2C=CC=CC2)cc1-c1cccc(C(C)=O)c1. The molecule has 0 N–H and O–H groups in total. The van der Waals surface area contributed by atoms with Crippen molar-refractivity contribution in [1.29, 1.82) is 0 Å². The quantitative estimate of drug-likeness (QED) is 0.763. The predicted molar refractivity (Wildman–Crippen MR) is 97.1 cm³/mol. The molecule has 0 aliphatic carbocycles. The number of hydrogen-bond acceptors (Lipinski definition) is 3. The zero-order chi connectivity index (χ0) is 16.9. The first kappa shape index (κ1) is 16.1.